The Balaban J connectivity index is 1.44. The summed E-state index contributed by atoms with van der Waals surface area (Å²) in [7, 11) is 0. The largest absolute Gasteiger partial charge is 0.423 e. The molecule has 2 N–H and O–H groups in total. The number of hydrazone groups is 1. The van der Waals surface area contributed by atoms with Crippen LogP contribution in [-0.2, 0) is 4.79 Å². The van der Waals surface area contributed by atoms with Crippen molar-refractivity contribution in [3.63, 3.8) is 0 Å². The molecule has 0 atom stereocenters. The molecule has 39 heavy (non-hydrogen) atoms. The van der Waals surface area contributed by atoms with Gasteiger partial charge in [0, 0.05) is 21.7 Å². The van der Waals surface area contributed by atoms with Gasteiger partial charge in [-0.3, -0.25) is 9.59 Å². The first-order valence-electron chi connectivity index (χ1n) is 11.9. The number of aryl methyl sites for hydroxylation is 1. The fourth-order valence-corrected chi connectivity index (χ4v) is 3.95. The van der Waals surface area contributed by atoms with Crippen LogP contribution in [-0.4, -0.2) is 24.0 Å². The minimum absolute atomic E-state index is 0.239. The lowest BCUT2D eigenvalue weighted by Gasteiger charge is -2.10. The van der Waals surface area contributed by atoms with Gasteiger partial charge in [0.15, 0.2) is 0 Å². The van der Waals surface area contributed by atoms with Crippen molar-refractivity contribution in [1.29, 1.82) is 0 Å². The van der Waals surface area contributed by atoms with Crippen LogP contribution >= 0.6 is 15.9 Å². The predicted molar refractivity (Wildman–Crippen MR) is 156 cm³/mol. The Hall–Kier alpha value is -4.82. The number of hydrogen-bond acceptors (Lipinski definition) is 5. The summed E-state index contributed by atoms with van der Waals surface area (Å²) >= 11 is 3.39. The molecule has 0 radical (unpaired) electrons. The lowest BCUT2D eigenvalue weighted by molar-refractivity contribution is -0.128. The Morgan fingerprint density at radius 2 is 1.62 bits per heavy atom. The van der Waals surface area contributed by atoms with Crippen molar-refractivity contribution >= 4 is 51.7 Å². The van der Waals surface area contributed by atoms with Gasteiger partial charge in [-0.2, -0.15) is 5.10 Å². The third kappa shape index (κ3) is 7.83. The zero-order valence-electron chi connectivity index (χ0n) is 20.9. The monoisotopic (exact) mass is 581 g/mol. The maximum atomic E-state index is 12.9. The maximum absolute atomic E-state index is 12.9. The molecule has 0 bridgehead atoms. The smallest absolute Gasteiger partial charge is 0.336 e. The van der Waals surface area contributed by atoms with Gasteiger partial charge in [0.25, 0.3) is 11.8 Å². The summed E-state index contributed by atoms with van der Waals surface area (Å²) in [5.74, 6) is -1.14. The van der Waals surface area contributed by atoms with Crippen LogP contribution in [0, 0.1) is 6.92 Å². The minimum atomic E-state index is -0.557. The van der Waals surface area contributed by atoms with E-state index in [1.807, 2.05) is 43.3 Å². The predicted octanol–water partition coefficient (Wildman–Crippen LogP) is 6.39. The molecule has 0 aliphatic rings. The average molecular weight is 582 g/mol. The normalized spacial score (nSPS) is 10.9. The van der Waals surface area contributed by atoms with Crippen molar-refractivity contribution in [1.82, 2.24) is 5.43 Å². The molecular weight excluding hydrogens is 558 g/mol. The number of ether oxygens (including phenoxy) is 1. The van der Waals surface area contributed by atoms with Crippen molar-refractivity contribution in [2.75, 3.05) is 5.32 Å². The fourth-order valence-electron chi connectivity index (χ4n) is 3.58. The highest BCUT2D eigenvalue weighted by molar-refractivity contribution is 9.10. The molecule has 0 fully saturated rings. The lowest BCUT2D eigenvalue weighted by Crippen LogP contribution is -2.21. The van der Waals surface area contributed by atoms with E-state index in [0.29, 0.717) is 16.8 Å². The highest BCUT2D eigenvalue weighted by atomic mass is 79.9. The van der Waals surface area contributed by atoms with Crippen molar-refractivity contribution < 1.29 is 19.1 Å². The summed E-state index contributed by atoms with van der Waals surface area (Å²) < 4.78 is 6.21. The van der Waals surface area contributed by atoms with E-state index in [1.165, 1.54) is 12.3 Å². The Labute approximate surface area is 234 Å². The molecule has 0 saturated carbocycles. The molecule has 4 rings (SSSR count). The van der Waals surface area contributed by atoms with Gasteiger partial charge in [-0.25, -0.2) is 10.2 Å². The van der Waals surface area contributed by atoms with Gasteiger partial charge in [0.1, 0.15) is 5.75 Å². The zero-order valence-corrected chi connectivity index (χ0v) is 22.5. The SMILES string of the molecule is Cc1cccc(C(=O)Nc2ccccc2C(=O)N/N=C\c2cc(Br)ccc2OC(=O)/C=C/c2ccccc2)c1. The van der Waals surface area contributed by atoms with Crippen LogP contribution in [0.25, 0.3) is 6.08 Å². The number of nitrogens with zero attached hydrogens (tertiary/aromatic N) is 1. The quantitative estimate of drug-likeness (QED) is 0.0827. The molecule has 0 spiro atoms. The lowest BCUT2D eigenvalue weighted by atomic mass is 10.1. The second-order valence-corrected chi connectivity index (χ2v) is 9.33. The van der Waals surface area contributed by atoms with Gasteiger partial charge in [0.05, 0.1) is 17.5 Å². The Bertz CT molecular complexity index is 1570. The van der Waals surface area contributed by atoms with Crippen molar-refractivity contribution in [3.8, 4) is 5.75 Å². The molecule has 0 aliphatic carbocycles. The third-order valence-electron chi connectivity index (χ3n) is 5.46. The number of halogens is 1. The first kappa shape index (κ1) is 27.2. The first-order chi connectivity index (χ1) is 18.9. The number of esters is 1. The molecule has 7 nitrogen and oxygen atoms in total. The third-order valence-corrected chi connectivity index (χ3v) is 5.96. The summed E-state index contributed by atoms with van der Waals surface area (Å²) in [6, 6.07) is 28.2. The number of rotatable bonds is 8. The van der Waals surface area contributed by atoms with Gasteiger partial charge in [0.2, 0.25) is 0 Å². The Morgan fingerprint density at radius 1 is 0.846 bits per heavy atom. The summed E-state index contributed by atoms with van der Waals surface area (Å²) in [6.07, 6.45) is 4.37. The number of amides is 2. The van der Waals surface area contributed by atoms with Crippen LogP contribution in [0.1, 0.15) is 37.4 Å². The van der Waals surface area contributed by atoms with Crippen LogP contribution in [0.3, 0.4) is 0 Å². The number of hydrogen-bond donors (Lipinski definition) is 2. The molecular formula is C31H24BrN3O4. The van der Waals surface area contributed by atoms with Gasteiger partial charge in [-0.05, 0) is 61.0 Å². The molecule has 4 aromatic rings. The summed E-state index contributed by atoms with van der Waals surface area (Å²) in [6.45, 7) is 1.90. The van der Waals surface area contributed by atoms with Gasteiger partial charge >= 0.3 is 5.97 Å². The Morgan fingerprint density at radius 3 is 2.41 bits per heavy atom. The van der Waals surface area contributed by atoms with Gasteiger partial charge < -0.3 is 10.1 Å². The van der Waals surface area contributed by atoms with E-state index in [-0.39, 0.29) is 17.2 Å². The second-order valence-electron chi connectivity index (χ2n) is 8.42. The van der Waals surface area contributed by atoms with Gasteiger partial charge in [-0.1, -0.05) is 76.1 Å². The van der Waals surface area contributed by atoms with Crippen molar-refractivity contribution in [2.45, 2.75) is 6.92 Å². The molecule has 0 unspecified atom stereocenters. The summed E-state index contributed by atoms with van der Waals surface area (Å²) in [4.78, 5) is 38.0. The van der Waals surface area contributed by atoms with Gasteiger partial charge in [-0.15, -0.1) is 0 Å². The number of carbonyl (C=O) groups is 3. The van der Waals surface area contributed by atoms with Crippen molar-refractivity contribution in [2.24, 2.45) is 5.10 Å². The van der Waals surface area contributed by atoms with Crippen LogP contribution in [0.15, 0.2) is 113 Å². The van der Waals surface area contributed by atoms with Crippen molar-refractivity contribution in [3.05, 3.63) is 135 Å². The highest BCUT2D eigenvalue weighted by Gasteiger charge is 2.14. The van der Waals surface area contributed by atoms with E-state index in [0.717, 1.165) is 15.6 Å². The summed E-state index contributed by atoms with van der Waals surface area (Å²) in [5.41, 5.74) is 5.82. The molecule has 0 heterocycles. The second kappa shape index (κ2) is 13.1. The molecule has 2 amide bonds. The Kier molecular flexibility index (Phi) is 9.16. The standard InChI is InChI=1S/C31H24BrN3O4/c1-21-8-7-11-23(18-21)30(37)34-27-13-6-5-12-26(27)31(38)35-33-20-24-19-25(32)15-16-28(24)39-29(36)17-14-22-9-3-2-4-10-22/h2-20H,1H3,(H,34,37)(H,35,38)/b17-14+,33-20-. The number of para-hydroxylation sites is 1. The van der Waals surface area contributed by atoms with E-state index >= 15 is 0 Å². The molecule has 4 aromatic carbocycles. The maximum Gasteiger partial charge on any atom is 0.336 e. The number of carbonyl (C=O) groups excluding carboxylic acids is 3. The van der Waals surface area contributed by atoms with E-state index < -0.39 is 11.9 Å². The topological polar surface area (TPSA) is 96.9 Å². The van der Waals surface area contributed by atoms with E-state index in [4.69, 9.17) is 4.74 Å². The van der Waals surface area contributed by atoms with Crippen LogP contribution < -0.4 is 15.5 Å². The molecule has 194 valence electrons. The minimum Gasteiger partial charge on any atom is -0.423 e. The first-order valence-corrected chi connectivity index (χ1v) is 12.7. The van der Waals surface area contributed by atoms with E-state index in [1.54, 1.807) is 66.7 Å². The number of benzene rings is 4. The highest BCUT2D eigenvalue weighted by Crippen LogP contribution is 2.22. The fraction of sp³-hybridized carbons (Fsp3) is 0.0323. The number of anilines is 1. The molecule has 0 aliphatic heterocycles. The van der Waals surface area contributed by atoms with E-state index in [9.17, 15) is 14.4 Å². The molecule has 0 aromatic heterocycles. The van der Waals surface area contributed by atoms with E-state index in [2.05, 4.69) is 31.8 Å². The van der Waals surface area contributed by atoms with Crippen LogP contribution in [0.4, 0.5) is 5.69 Å². The molecule has 8 heteroatoms. The zero-order chi connectivity index (χ0) is 27.6. The average Bonchev–Trinajstić information content (AvgIpc) is 2.94. The van der Waals surface area contributed by atoms with Crippen LogP contribution in [0.2, 0.25) is 0 Å². The molecule has 0 saturated heterocycles. The summed E-state index contributed by atoms with van der Waals surface area (Å²) in [5, 5.41) is 6.83. The van der Waals surface area contributed by atoms with Crippen LogP contribution in [0.5, 0.6) is 5.75 Å². The number of nitrogens with one attached hydrogen (secondary N) is 2.